The second-order valence-corrected chi connectivity index (χ2v) is 9.00. The van der Waals surface area contributed by atoms with Gasteiger partial charge in [0.05, 0.1) is 13.2 Å². The average Bonchev–Trinajstić information content (AvgIpc) is 2.90. The number of alkyl halides is 6. The van der Waals surface area contributed by atoms with E-state index in [-0.39, 0.29) is 35.2 Å². The molecule has 0 atom stereocenters. The molecule has 2 N–H and O–H groups in total. The van der Waals surface area contributed by atoms with E-state index in [1.165, 1.54) is 35.1 Å². The highest BCUT2D eigenvalue weighted by Crippen LogP contribution is 2.35. The molecule has 3 aromatic rings. The third-order valence-corrected chi connectivity index (χ3v) is 6.14. The van der Waals surface area contributed by atoms with Crippen LogP contribution in [0.4, 0.5) is 32.0 Å². The lowest BCUT2D eigenvalue weighted by Gasteiger charge is -2.27. The second-order valence-electron chi connectivity index (χ2n) is 9.00. The number of halogens is 6. The van der Waals surface area contributed by atoms with E-state index in [1.807, 2.05) is 0 Å². The number of rotatable bonds is 11. The maximum absolute atomic E-state index is 13.4. The molecule has 1 aromatic heterocycles. The van der Waals surface area contributed by atoms with Gasteiger partial charge in [0, 0.05) is 29.9 Å². The van der Waals surface area contributed by atoms with Crippen LogP contribution < -0.4 is 15.5 Å². The number of carbonyl (C=O) groups is 1. The zero-order chi connectivity index (χ0) is 29.0. The molecule has 14 heteroatoms. The number of aromatic nitrogens is 2. The van der Waals surface area contributed by atoms with Gasteiger partial charge in [-0.05, 0) is 29.8 Å². The minimum Gasteiger partial charge on any atom is -0.487 e. The number of anilines is 1. The predicted octanol–water partition coefficient (Wildman–Crippen LogP) is 4.17. The first kappa shape index (κ1) is 29.1. The molecule has 1 amide bonds. The van der Waals surface area contributed by atoms with Crippen LogP contribution in [0.15, 0.2) is 59.5 Å². The molecule has 2 aromatic carbocycles. The molecule has 0 spiro atoms. The zero-order valence-electron chi connectivity index (χ0n) is 20.6. The van der Waals surface area contributed by atoms with Crippen LogP contribution in [-0.4, -0.2) is 59.9 Å². The van der Waals surface area contributed by atoms with E-state index in [1.54, 1.807) is 0 Å². The van der Waals surface area contributed by atoms with E-state index in [0.29, 0.717) is 13.2 Å². The molecule has 0 aliphatic carbocycles. The Kier molecular flexibility index (Phi) is 8.79. The predicted molar refractivity (Wildman–Crippen MR) is 130 cm³/mol. The Morgan fingerprint density at radius 1 is 1.07 bits per heavy atom. The SMILES string of the molecule is O=C(Nc1ccc(C(O)(C(F)F)C(F)F)cc1)c1cn(CC2COC2)nc(-c2ccccc2OCC(F)F)c1=O. The summed E-state index contributed by atoms with van der Waals surface area (Å²) < 4.78 is 89.8. The first-order chi connectivity index (χ1) is 19.0. The number of nitrogens with one attached hydrogen (secondary N) is 1. The number of aliphatic hydroxyl groups is 1. The number of carbonyl (C=O) groups excluding carboxylic acids is 1. The summed E-state index contributed by atoms with van der Waals surface area (Å²) in [6.07, 6.45) is -9.15. The number of para-hydroxylation sites is 1. The summed E-state index contributed by atoms with van der Waals surface area (Å²) >= 11 is 0. The molecule has 1 aliphatic rings. The molecule has 1 fully saturated rings. The topological polar surface area (TPSA) is 103 Å². The third-order valence-electron chi connectivity index (χ3n) is 6.14. The number of benzene rings is 2. The Morgan fingerprint density at radius 2 is 1.73 bits per heavy atom. The Hall–Kier alpha value is -3.91. The van der Waals surface area contributed by atoms with Gasteiger partial charge in [-0.3, -0.25) is 14.3 Å². The highest BCUT2D eigenvalue weighted by Gasteiger charge is 2.48. The van der Waals surface area contributed by atoms with Crippen LogP contribution in [-0.2, 0) is 16.9 Å². The van der Waals surface area contributed by atoms with E-state index < -0.39 is 53.9 Å². The van der Waals surface area contributed by atoms with Gasteiger partial charge in [-0.25, -0.2) is 26.3 Å². The van der Waals surface area contributed by atoms with Crippen molar-refractivity contribution in [3.63, 3.8) is 0 Å². The highest BCUT2D eigenvalue weighted by molar-refractivity contribution is 6.04. The largest absolute Gasteiger partial charge is 0.487 e. The van der Waals surface area contributed by atoms with E-state index in [0.717, 1.165) is 24.3 Å². The highest BCUT2D eigenvalue weighted by atomic mass is 19.3. The van der Waals surface area contributed by atoms with Crippen molar-refractivity contribution in [3.8, 4) is 17.0 Å². The van der Waals surface area contributed by atoms with Crippen molar-refractivity contribution in [3.05, 3.63) is 76.1 Å². The molecule has 0 saturated carbocycles. The fourth-order valence-corrected chi connectivity index (χ4v) is 3.93. The maximum atomic E-state index is 13.4. The lowest BCUT2D eigenvalue weighted by atomic mass is 9.94. The van der Waals surface area contributed by atoms with Crippen LogP contribution in [0.5, 0.6) is 5.75 Å². The molecular formula is C26H23F6N3O5. The van der Waals surface area contributed by atoms with Gasteiger partial charge in [0.1, 0.15) is 23.6 Å². The van der Waals surface area contributed by atoms with Crippen molar-refractivity contribution in [1.82, 2.24) is 9.78 Å². The first-order valence-electron chi connectivity index (χ1n) is 11.9. The minimum atomic E-state index is -3.78. The summed E-state index contributed by atoms with van der Waals surface area (Å²) in [4.78, 5) is 26.5. The third kappa shape index (κ3) is 6.12. The first-order valence-corrected chi connectivity index (χ1v) is 11.9. The molecule has 4 rings (SSSR count). The van der Waals surface area contributed by atoms with Gasteiger partial charge in [0.2, 0.25) is 11.0 Å². The van der Waals surface area contributed by atoms with Gasteiger partial charge in [-0.15, -0.1) is 0 Å². The smallest absolute Gasteiger partial charge is 0.276 e. The number of hydrogen-bond donors (Lipinski definition) is 2. The summed E-state index contributed by atoms with van der Waals surface area (Å²) in [5.41, 5.74) is -5.94. The monoisotopic (exact) mass is 571 g/mol. The van der Waals surface area contributed by atoms with Crippen LogP contribution >= 0.6 is 0 Å². The van der Waals surface area contributed by atoms with Crippen LogP contribution in [0.25, 0.3) is 11.3 Å². The summed E-state index contributed by atoms with van der Waals surface area (Å²) in [6.45, 7) is 0.179. The van der Waals surface area contributed by atoms with Crippen molar-refractivity contribution in [2.45, 2.75) is 31.4 Å². The quantitative estimate of drug-likeness (QED) is 0.335. The van der Waals surface area contributed by atoms with E-state index in [2.05, 4.69) is 10.4 Å². The van der Waals surface area contributed by atoms with Crippen LogP contribution in [0.1, 0.15) is 15.9 Å². The molecule has 8 nitrogen and oxygen atoms in total. The Bertz CT molecular complexity index is 1390. The summed E-state index contributed by atoms with van der Waals surface area (Å²) in [5, 5.41) is 16.5. The van der Waals surface area contributed by atoms with Crippen molar-refractivity contribution >= 4 is 11.6 Å². The number of hydrogen-bond acceptors (Lipinski definition) is 6. The normalized spacial score (nSPS) is 14.1. The summed E-state index contributed by atoms with van der Waals surface area (Å²) in [5.74, 6) is -0.950. The van der Waals surface area contributed by atoms with Crippen molar-refractivity contribution in [1.29, 1.82) is 0 Å². The standard InChI is InChI=1S/C26H23F6N3O5/c27-20(28)13-40-19-4-2-1-3-17(19)21-22(36)18(10-35(34-21)9-14-11-39-12-14)23(37)33-16-7-5-15(6-8-16)26(38,24(29)30)25(31)32/h1-8,10,14,20,24-25,38H,9,11-13H2,(H,33,37). The Balaban J connectivity index is 1.68. The fraction of sp³-hybridized carbons (Fsp3) is 0.346. The number of nitrogens with zero attached hydrogens (tertiary/aromatic N) is 2. The van der Waals surface area contributed by atoms with Gasteiger partial charge < -0.3 is 19.9 Å². The molecule has 0 unspecified atom stereocenters. The van der Waals surface area contributed by atoms with E-state index in [4.69, 9.17) is 9.47 Å². The lowest BCUT2D eigenvalue weighted by Crippen LogP contribution is -2.41. The molecule has 1 aliphatic heterocycles. The van der Waals surface area contributed by atoms with Crippen LogP contribution in [0, 0.1) is 5.92 Å². The van der Waals surface area contributed by atoms with Gasteiger partial charge >= 0.3 is 0 Å². The summed E-state index contributed by atoms with van der Waals surface area (Å²) in [6, 6.07) is 9.48. The van der Waals surface area contributed by atoms with Crippen LogP contribution in [0.2, 0.25) is 0 Å². The Morgan fingerprint density at radius 3 is 2.30 bits per heavy atom. The molecule has 40 heavy (non-hydrogen) atoms. The van der Waals surface area contributed by atoms with Gasteiger partial charge in [0.15, 0.2) is 0 Å². The fourth-order valence-electron chi connectivity index (χ4n) is 3.93. The van der Waals surface area contributed by atoms with Crippen molar-refractivity contribution in [2.24, 2.45) is 5.92 Å². The molecule has 2 heterocycles. The lowest BCUT2D eigenvalue weighted by molar-refractivity contribution is -0.183. The molecule has 0 radical (unpaired) electrons. The van der Waals surface area contributed by atoms with Crippen molar-refractivity contribution < 1.29 is 45.7 Å². The summed E-state index contributed by atoms with van der Waals surface area (Å²) in [7, 11) is 0. The van der Waals surface area contributed by atoms with Gasteiger partial charge in [-0.2, -0.15) is 5.10 Å². The molecular weight excluding hydrogens is 548 g/mol. The number of ether oxygens (including phenoxy) is 2. The van der Waals surface area contributed by atoms with E-state index >= 15 is 0 Å². The second kappa shape index (κ2) is 12.1. The zero-order valence-corrected chi connectivity index (χ0v) is 20.6. The van der Waals surface area contributed by atoms with Crippen molar-refractivity contribution in [2.75, 3.05) is 25.1 Å². The molecule has 214 valence electrons. The van der Waals surface area contributed by atoms with Crippen LogP contribution in [0.3, 0.4) is 0 Å². The maximum Gasteiger partial charge on any atom is 0.276 e. The van der Waals surface area contributed by atoms with E-state index in [9.17, 15) is 41.0 Å². The minimum absolute atomic E-state index is 0.0417. The Labute approximate surface area is 223 Å². The number of amides is 1. The van der Waals surface area contributed by atoms with Gasteiger partial charge in [-0.1, -0.05) is 24.3 Å². The average molecular weight is 571 g/mol. The van der Waals surface area contributed by atoms with Gasteiger partial charge in [0.25, 0.3) is 25.2 Å². The molecule has 1 saturated heterocycles. The molecule has 0 bridgehead atoms.